The van der Waals surface area contributed by atoms with Crippen molar-refractivity contribution in [3.8, 4) is 0 Å². The summed E-state index contributed by atoms with van der Waals surface area (Å²) in [6.45, 7) is 2.53. The largest absolute Gasteiger partial charge is 0.310 e. The normalized spacial score (nSPS) is 6.80. The molecule has 5 heavy (non-hydrogen) atoms. The Bertz CT molecular complexity index is 42.9. The van der Waals surface area contributed by atoms with Crippen LogP contribution < -0.4 is 0 Å². The van der Waals surface area contributed by atoms with Crippen molar-refractivity contribution in [1.82, 2.24) is 0 Å². The third-order valence-corrected chi connectivity index (χ3v) is 0.0991. The summed E-state index contributed by atoms with van der Waals surface area (Å²) in [6, 6.07) is -1.19. The number of halogens is 1. The van der Waals surface area contributed by atoms with Crippen LogP contribution in [0.1, 0.15) is 0 Å². The zero-order valence-electron chi connectivity index (χ0n) is 2.44. The Kier molecular flexibility index (Phi) is 1.53. The molecular formula is C2H3FO2. The van der Waals surface area contributed by atoms with Crippen LogP contribution in [0, 0.1) is 0 Å². The molecule has 0 saturated carbocycles. The summed E-state index contributed by atoms with van der Waals surface area (Å²) in [4.78, 5) is 2.89. The average Bonchev–Trinajstić information content (AvgIpc) is 1.38. The van der Waals surface area contributed by atoms with E-state index in [4.69, 9.17) is 5.26 Å². The van der Waals surface area contributed by atoms with Crippen LogP contribution in [0.3, 0.4) is 0 Å². The van der Waals surface area contributed by atoms with Gasteiger partial charge in [0.25, 0.3) is 0 Å². The summed E-state index contributed by atoms with van der Waals surface area (Å²) in [5.74, 6) is 0. The fourth-order valence-corrected chi connectivity index (χ4v) is 0. The van der Waals surface area contributed by atoms with Gasteiger partial charge in [-0.15, -0.1) is 0 Å². The third kappa shape index (κ3) is 3.43. The zero-order chi connectivity index (χ0) is 4.28. The first kappa shape index (κ1) is 4.43. The van der Waals surface area contributed by atoms with Crippen LogP contribution in [0.4, 0.5) is 4.39 Å². The van der Waals surface area contributed by atoms with E-state index in [0.29, 0.717) is 0 Å². The summed E-state index contributed by atoms with van der Waals surface area (Å²) in [5, 5.41) is 7.17. The quantitative estimate of drug-likeness (QED) is 0.287. The SMILES string of the molecule is C=C(F)OO. The molecule has 0 atom stereocenters. The lowest BCUT2D eigenvalue weighted by atomic mass is 11.1. The van der Waals surface area contributed by atoms with Gasteiger partial charge in [0.15, 0.2) is 0 Å². The Morgan fingerprint density at radius 3 is 2.20 bits per heavy atom. The van der Waals surface area contributed by atoms with Crippen LogP contribution in [-0.4, -0.2) is 5.26 Å². The van der Waals surface area contributed by atoms with Gasteiger partial charge in [-0.1, -0.05) is 0 Å². The van der Waals surface area contributed by atoms with Crippen molar-refractivity contribution in [2.75, 3.05) is 0 Å². The Balaban J connectivity index is 2.85. The molecule has 0 radical (unpaired) electrons. The highest BCUT2D eigenvalue weighted by atomic mass is 19.1. The van der Waals surface area contributed by atoms with E-state index in [1.165, 1.54) is 0 Å². The van der Waals surface area contributed by atoms with Crippen LogP contribution in [0.15, 0.2) is 12.6 Å². The number of rotatable bonds is 1. The van der Waals surface area contributed by atoms with E-state index < -0.39 is 6.01 Å². The minimum absolute atomic E-state index is 1.19. The molecule has 0 unspecified atom stereocenters. The Labute approximate surface area is 28.4 Å². The van der Waals surface area contributed by atoms with Gasteiger partial charge in [0.2, 0.25) is 0 Å². The molecule has 0 bridgehead atoms. The Morgan fingerprint density at radius 1 is 2.00 bits per heavy atom. The van der Waals surface area contributed by atoms with Crippen LogP contribution in [-0.2, 0) is 4.89 Å². The molecule has 3 heteroatoms. The average molecular weight is 78.0 g/mol. The molecule has 0 aromatic heterocycles. The van der Waals surface area contributed by atoms with E-state index in [9.17, 15) is 4.39 Å². The van der Waals surface area contributed by atoms with Gasteiger partial charge in [-0.05, 0) is 6.58 Å². The smallest absolute Gasteiger partial charge is 0.304 e. The van der Waals surface area contributed by atoms with Gasteiger partial charge >= 0.3 is 6.01 Å². The van der Waals surface area contributed by atoms with Crippen molar-refractivity contribution in [3.05, 3.63) is 12.6 Å². The van der Waals surface area contributed by atoms with E-state index >= 15 is 0 Å². The second-order valence-electron chi connectivity index (χ2n) is 0.446. The highest BCUT2D eigenvalue weighted by Crippen LogP contribution is 1.85. The molecule has 0 aromatic carbocycles. The van der Waals surface area contributed by atoms with Crippen LogP contribution in [0.2, 0.25) is 0 Å². The Morgan fingerprint density at radius 2 is 2.20 bits per heavy atom. The van der Waals surface area contributed by atoms with Crippen molar-refractivity contribution in [2.45, 2.75) is 0 Å². The van der Waals surface area contributed by atoms with E-state index in [0.717, 1.165) is 0 Å². The summed E-state index contributed by atoms with van der Waals surface area (Å²) in [5.41, 5.74) is 0. The molecule has 0 saturated heterocycles. The highest BCUT2D eigenvalue weighted by Gasteiger charge is 1.75. The predicted octanol–water partition coefficient (Wildman–Crippen LogP) is 0.917. The first-order chi connectivity index (χ1) is 2.27. The molecule has 0 fully saturated rings. The van der Waals surface area contributed by atoms with Crippen molar-refractivity contribution in [2.24, 2.45) is 0 Å². The molecule has 0 heterocycles. The predicted molar refractivity (Wildman–Crippen MR) is 14.0 cm³/mol. The van der Waals surface area contributed by atoms with Crippen molar-refractivity contribution >= 4 is 0 Å². The lowest BCUT2D eigenvalue weighted by molar-refractivity contribution is -0.222. The molecule has 0 aromatic rings. The van der Waals surface area contributed by atoms with Crippen molar-refractivity contribution < 1.29 is 14.5 Å². The second-order valence-corrected chi connectivity index (χ2v) is 0.446. The molecule has 1 N–H and O–H groups in total. The first-order valence-electron chi connectivity index (χ1n) is 0.929. The zero-order valence-corrected chi connectivity index (χ0v) is 2.44. The maximum Gasteiger partial charge on any atom is 0.304 e. The lowest BCUT2D eigenvalue weighted by Gasteiger charge is -1.78. The fraction of sp³-hybridized carbons (Fsp3) is 0. The Hall–Kier alpha value is -0.570. The van der Waals surface area contributed by atoms with Gasteiger partial charge in [0.1, 0.15) is 0 Å². The number of hydrogen-bond acceptors (Lipinski definition) is 2. The van der Waals surface area contributed by atoms with Gasteiger partial charge in [0, 0.05) is 0 Å². The van der Waals surface area contributed by atoms with Gasteiger partial charge < -0.3 is 4.89 Å². The molecule has 0 rings (SSSR count). The second kappa shape index (κ2) is 1.72. The van der Waals surface area contributed by atoms with Crippen LogP contribution >= 0.6 is 0 Å². The first-order valence-corrected chi connectivity index (χ1v) is 0.929. The van der Waals surface area contributed by atoms with Crippen molar-refractivity contribution in [1.29, 1.82) is 0 Å². The molecule has 0 spiro atoms. The number of hydrogen-bond donors (Lipinski definition) is 1. The van der Waals surface area contributed by atoms with E-state index in [2.05, 4.69) is 11.5 Å². The van der Waals surface area contributed by atoms with E-state index in [1.807, 2.05) is 0 Å². The molecule has 0 aliphatic heterocycles. The third-order valence-electron chi connectivity index (χ3n) is 0.0991. The van der Waals surface area contributed by atoms with Gasteiger partial charge in [0.05, 0.1) is 0 Å². The van der Waals surface area contributed by atoms with E-state index in [-0.39, 0.29) is 0 Å². The molecule has 30 valence electrons. The molecule has 2 nitrogen and oxygen atoms in total. The maximum absolute atomic E-state index is 10.8. The van der Waals surface area contributed by atoms with Crippen LogP contribution in [0.25, 0.3) is 0 Å². The fourth-order valence-electron chi connectivity index (χ4n) is 0. The molecule has 0 amide bonds. The summed E-state index contributed by atoms with van der Waals surface area (Å²) >= 11 is 0. The standard InChI is InChI=1S/C2H3FO2/c1-2(3)5-4/h4H,1H2. The monoisotopic (exact) mass is 78.0 g/mol. The van der Waals surface area contributed by atoms with Crippen molar-refractivity contribution in [3.63, 3.8) is 0 Å². The summed E-state index contributed by atoms with van der Waals surface area (Å²) < 4.78 is 10.8. The van der Waals surface area contributed by atoms with E-state index in [1.54, 1.807) is 0 Å². The molecular weight excluding hydrogens is 75.0 g/mol. The van der Waals surface area contributed by atoms with Gasteiger partial charge in [-0.2, -0.15) is 4.39 Å². The van der Waals surface area contributed by atoms with Gasteiger partial charge in [-0.3, -0.25) is 0 Å². The van der Waals surface area contributed by atoms with Crippen LogP contribution in [0.5, 0.6) is 0 Å². The summed E-state index contributed by atoms with van der Waals surface area (Å²) in [6.07, 6.45) is 0. The molecule has 0 aliphatic rings. The minimum Gasteiger partial charge on any atom is -0.310 e. The lowest BCUT2D eigenvalue weighted by Crippen LogP contribution is -1.69. The molecule has 0 aliphatic carbocycles. The van der Waals surface area contributed by atoms with Gasteiger partial charge in [-0.25, -0.2) is 5.26 Å². The summed E-state index contributed by atoms with van der Waals surface area (Å²) in [7, 11) is 0. The minimum atomic E-state index is -1.19. The highest BCUT2D eigenvalue weighted by molar-refractivity contribution is 4.58. The topological polar surface area (TPSA) is 29.5 Å². The maximum atomic E-state index is 10.8.